The van der Waals surface area contributed by atoms with Crippen LogP contribution in [-0.2, 0) is 0 Å². The molecule has 0 saturated heterocycles. The number of aryl methyl sites for hydroxylation is 2. The summed E-state index contributed by atoms with van der Waals surface area (Å²) in [5, 5.41) is 33.9. The van der Waals surface area contributed by atoms with Crippen LogP contribution in [0.3, 0.4) is 0 Å². The molecule has 0 amide bonds. The molecule has 2 heterocycles. The number of aromatic hydroxyl groups is 2. The first kappa shape index (κ1) is 20.2. The molecule has 2 aromatic carbocycles. The molecule has 0 aliphatic carbocycles. The molecule has 0 saturated carbocycles. The van der Waals surface area contributed by atoms with Crippen molar-refractivity contribution in [3.63, 3.8) is 0 Å². The minimum absolute atomic E-state index is 0.00337. The number of aromatic nitrogens is 4. The Balaban J connectivity index is 1.85. The third-order valence-corrected chi connectivity index (χ3v) is 5.16. The second-order valence-electron chi connectivity index (χ2n) is 6.98. The van der Waals surface area contributed by atoms with Crippen molar-refractivity contribution in [3.8, 4) is 23.3 Å². The molecule has 3 N–H and O–H groups in total. The standard InChI is InChI=1S/C22H16ClN5O3/c1-11-3-5-14(6-4-11)28-20(23)15(12(2)27-28)7-13(10-24)21-25-17-9-19(30)18(29)8-16(17)22(31)26-21/h3-9,29-30H,1-2H3,(H,25,26,31). The van der Waals surface area contributed by atoms with Crippen LogP contribution in [0.4, 0.5) is 0 Å². The summed E-state index contributed by atoms with van der Waals surface area (Å²) in [5.41, 5.74) is 2.59. The predicted molar refractivity (Wildman–Crippen MR) is 117 cm³/mol. The first-order valence-corrected chi connectivity index (χ1v) is 9.56. The Morgan fingerprint density at radius 1 is 1.19 bits per heavy atom. The van der Waals surface area contributed by atoms with Gasteiger partial charge in [-0.1, -0.05) is 29.3 Å². The van der Waals surface area contributed by atoms with Gasteiger partial charge in [0.05, 0.1) is 27.9 Å². The normalized spacial score (nSPS) is 11.6. The van der Waals surface area contributed by atoms with Gasteiger partial charge in [-0.2, -0.15) is 10.4 Å². The molecule has 0 aliphatic heterocycles. The van der Waals surface area contributed by atoms with Crippen LogP contribution in [0.15, 0.2) is 41.2 Å². The number of aromatic amines is 1. The lowest BCUT2D eigenvalue weighted by atomic mass is 10.1. The lowest BCUT2D eigenvalue weighted by Gasteiger charge is -2.05. The van der Waals surface area contributed by atoms with E-state index in [1.165, 1.54) is 6.08 Å². The van der Waals surface area contributed by atoms with Gasteiger partial charge in [-0.15, -0.1) is 0 Å². The van der Waals surface area contributed by atoms with Crippen molar-refractivity contribution < 1.29 is 10.2 Å². The van der Waals surface area contributed by atoms with Crippen LogP contribution >= 0.6 is 11.6 Å². The van der Waals surface area contributed by atoms with Gasteiger partial charge in [-0.25, -0.2) is 9.67 Å². The summed E-state index contributed by atoms with van der Waals surface area (Å²) in [6.07, 6.45) is 1.50. The van der Waals surface area contributed by atoms with Crippen molar-refractivity contribution >= 4 is 34.2 Å². The number of fused-ring (bicyclic) bond motifs is 1. The number of hydrogen-bond donors (Lipinski definition) is 3. The quantitative estimate of drug-likeness (QED) is 0.332. The minimum Gasteiger partial charge on any atom is -0.504 e. The molecule has 0 unspecified atom stereocenters. The summed E-state index contributed by atoms with van der Waals surface area (Å²) in [7, 11) is 0. The fraction of sp³-hybridized carbons (Fsp3) is 0.0909. The number of allylic oxidation sites excluding steroid dienone is 1. The number of H-pyrrole nitrogens is 1. The zero-order valence-corrected chi connectivity index (χ0v) is 17.3. The van der Waals surface area contributed by atoms with Crippen molar-refractivity contribution in [1.82, 2.24) is 19.7 Å². The fourth-order valence-corrected chi connectivity index (χ4v) is 3.45. The Labute approximate surface area is 181 Å². The third kappa shape index (κ3) is 3.63. The number of halogens is 1. The first-order chi connectivity index (χ1) is 14.8. The van der Waals surface area contributed by atoms with E-state index in [9.17, 15) is 20.3 Å². The van der Waals surface area contributed by atoms with Crippen molar-refractivity contribution in [3.05, 3.63) is 74.6 Å². The molecule has 0 radical (unpaired) electrons. The summed E-state index contributed by atoms with van der Waals surface area (Å²) in [4.78, 5) is 19.2. The Morgan fingerprint density at radius 3 is 2.55 bits per heavy atom. The molecule has 8 nitrogen and oxygen atoms in total. The smallest absolute Gasteiger partial charge is 0.259 e. The predicted octanol–water partition coefficient (Wildman–Crippen LogP) is 3.85. The molecule has 0 aliphatic rings. The highest BCUT2D eigenvalue weighted by atomic mass is 35.5. The monoisotopic (exact) mass is 433 g/mol. The summed E-state index contributed by atoms with van der Waals surface area (Å²) in [6, 6.07) is 11.9. The second kappa shape index (κ2) is 7.63. The molecule has 2 aromatic heterocycles. The molecular formula is C22H16ClN5O3. The Kier molecular flexibility index (Phi) is 4.97. The zero-order valence-electron chi connectivity index (χ0n) is 16.5. The van der Waals surface area contributed by atoms with Crippen LogP contribution in [0.5, 0.6) is 11.5 Å². The van der Waals surface area contributed by atoms with Crippen molar-refractivity contribution in [2.75, 3.05) is 0 Å². The largest absolute Gasteiger partial charge is 0.504 e. The molecule has 0 atom stereocenters. The second-order valence-corrected chi connectivity index (χ2v) is 7.34. The number of nitriles is 1. The number of phenolic OH excluding ortho intramolecular Hbond substituents is 2. The molecule has 4 rings (SSSR count). The van der Waals surface area contributed by atoms with Crippen LogP contribution in [0.25, 0.3) is 28.2 Å². The molecule has 9 heteroatoms. The fourth-order valence-electron chi connectivity index (χ4n) is 3.12. The molecule has 0 fully saturated rings. The number of hydrogen-bond acceptors (Lipinski definition) is 6. The molecule has 0 bridgehead atoms. The van der Waals surface area contributed by atoms with Crippen LogP contribution in [0, 0.1) is 25.2 Å². The summed E-state index contributed by atoms with van der Waals surface area (Å²) in [6.45, 7) is 3.74. The third-order valence-electron chi connectivity index (χ3n) is 4.79. The van der Waals surface area contributed by atoms with Gasteiger partial charge < -0.3 is 15.2 Å². The van der Waals surface area contributed by atoms with Crippen molar-refractivity contribution in [2.45, 2.75) is 13.8 Å². The van der Waals surface area contributed by atoms with E-state index in [2.05, 4.69) is 15.1 Å². The van der Waals surface area contributed by atoms with Gasteiger partial charge in [0.2, 0.25) is 0 Å². The van der Waals surface area contributed by atoms with Crippen molar-refractivity contribution in [1.29, 1.82) is 5.26 Å². The number of phenols is 2. The van der Waals surface area contributed by atoms with Crippen LogP contribution in [-0.4, -0.2) is 30.0 Å². The van der Waals surface area contributed by atoms with Gasteiger partial charge in [0.1, 0.15) is 11.2 Å². The lowest BCUT2D eigenvalue weighted by Crippen LogP contribution is -2.11. The molecule has 0 spiro atoms. The van der Waals surface area contributed by atoms with Crippen LogP contribution in [0.2, 0.25) is 5.15 Å². The van der Waals surface area contributed by atoms with Crippen molar-refractivity contribution in [2.24, 2.45) is 0 Å². The highest BCUT2D eigenvalue weighted by Gasteiger charge is 2.16. The van der Waals surface area contributed by atoms with Gasteiger partial charge >= 0.3 is 0 Å². The van der Waals surface area contributed by atoms with E-state index in [-0.39, 0.29) is 22.3 Å². The highest BCUT2D eigenvalue weighted by Crippen LogP contribution is 2.30. The first-order valence-electron chi connectivity index (χ1n) is 9.19. The minimum atomic E-state index is -0.561. The van der Waals surface area contributed by atoms with E-state index in [0.717, 1.165) is 23.4 Å². The van der Waals surface area contributed by atoms with Gasteiger partial charge in [0.15, 0.2) is 17.3 Å². The van der Waals surface area contributed by atoms with E-state index in [0.29, 0.717) is 16.4 Å². The maximum absolute atomic E-state index is 12.4. The summed E-state index contributed by atoms with van der Waals surface area (Å²) < 4.78 is 1.56. The van der Waals surface area contributed by atoms with E-state index >= 15 is 0 Å². The molecule has 31 heavy (non-hydrogen) atoms. The van der Waals surface area contributed by atoms with Gasteiger partial charge in [0, 0.05) is 11.6 Å². The SMILES string of the molecule is Cc1ccc(-n2nc(C)c(C=C(C#N)c3nc4cc(O)c(O)cc4c(=O)[nH]3)c2Cl)cc1. The Hall–Kier alpha value is -4.09. The topological polar surface area (TPSA) is 128 Å². The van der Waals surface area contributed by atoms with Crippen LogP contribution < -0.4 is 5.56 Å². The highest BCUT2D eigenvalue weighted by molar-refractivity contribution is 6.31. The maximum Gasteiger partial charge on any atom is 0.259 e. The maximum atomic E-state index is 12.4. The van der Waals surface area contributed by atoms with Gasteiger partial charge in [-0.3, -0.25) is 4.79 Å². The Morgan fingerprint density at radius 2 is 1.87 bits per heavy atom. The van der Waals surface area contributed by atoms with E-state index in [4.69, 9.17) is 11.6 Å². The van der Waals surface area contributed by atoms with E-state index in [1.54, 1.807) is 11.6 Å². The van der Waals surface area contributed by atoms with E-state index < -0.39 is 17.1 Å². The van der Waals surface area contributed by atoms with E-state index in [1.807, 2.05) is 37.3 Å². The number of nitrogens with zero attached hydrogens (tertiary/aromatic N) is 4. The molecular weight excluding hydrogens is 418 g/mol. The number of nitrogens with one attached hydrogen (secondary N) is 1. The summed E-state index contributed by atoms with van der Waals surface area (Å²) >= 11 is 6.55. The molecule has 4 aromatic rings. The number of rotatable bonds is 3. The lowest BCUT2D eigenvalue weighted by molar-refractivity contribution is 0.404. The average molecular weight is 434 g/mol. The van der Waals surface area contributed by atoms with Crippen LogP contribution in [0.1, 0.15) is 22.6 Å². The van der Waals surface area contributed by atoms with Gasteiger partial charge in [0.25, 0.3) is 5.56 Å². The average Bonchev–Trinajstić information content (AvgIpc) is 3.01. The Bertz CT molecular complexity index is 1460. The zero-order chi connectivity index (χ0) is 22.3. The molecule has 154 valence electrons. The van der Waals surface area contributed by atoms with Gasteiger partial charge in [-0.05, 0) is 38.1 Å². The number of benzene rings is 2. The summed E-state index contributed by atoms with van der Waals surface area (Å²) in [5.74, 6) is -0.851.